The summed E-state index contributed by atoms with van der Waals surface area (Å²) in [7, 11) is -4.09. The van der Waals surface area contributed by atoms with Crippen molar-refractivity contribution in [3.63, 3.8) is 0 Å². The monoisotopic (exact) mass is 602 g/mol. The van der Waals surface area contributed by atoms with E-state index < -0.39 is 16.0 Å². The first-order valence-corrected chi connectivity index (χ1v) is 13.8. The van der Waals surface area contributed by atoms with Crippen molar-refractivity contribution < 1.29 is 31.6 Å². The van der Waals surface area contributed by atoms with Crippen LogP contribution in [0, 0.1) is 0 Å². The van der Waals surface area contributed by atoms with Crippen LogP contribution >= 0.6 is 15.9 Å². The Bertz CT molecular complexity index is 1410. The Balaban J connectivity index is 1.78. The molecule has 3 rings (SSSR count). The summed E-state index contributed by atoms with van der Waals surface area (Å²) < 4.78 is 47.9. The van der Waals surface area contributed by atoms with Crippen LogP contribution in [0.5, 0.6) is 23.0 Å². The normalized spacial score (nSPS) is 11.1. The molecule has 3 aromatic rings. The van der Waals surface area contributed by atoms with Crippen molar-refractivity contribution >= 4 is 38.2 Å². The summed E-state index contributed by atoms with van der Waals surface area (Å²) in [6, 6.07) is 15.7. The van der Waals surface area contributed by atoms with Gasteiger partial charge in [0.15, 0.2) is 23.0 Å². The van der Waals surface area contributed by atoms with Crippen LogP contribution < -0.4 is 23.8 Å². The maximum absolute atomic E-state index is 12.7. The predicted molar refractivity (Wildman–Crippen MR) is 148 cm³/mol. The van der Waals surface area contributed by atoms with Crippen molar-refractivity contribution in [2.45, 2.75) is 18.7 Å². The largest absolute Gasteiger partial charge is 0.490 e. The lowest BCUT2D eigenvalue weighted by Crippen LogP contribution is -2.18. The van der Waals surface area contributed by atoms with Crippen LogP contribution in [0.2, 0.25) is 0 Å². The van der Waals surface area contributed by atoms with Crippen LogP contribution in [0.3, 0.4) is 0 Å². The Morgan fingerprint density at radius 3 is 2.37 bits per heavy atom. The Kier molecular flexibility index (Phi) is 10.3. The van der Waals surface area contributed by atoms with Gasteiger partial charge in [0, 0.05) is 5.56 Å². The van der Waals surface area contributed by atoms with Crippen molar-refractivity contribution in [1.29, 1.82) is 0 Å². The van der Waals surface area contributed by atoms with Gasteiger partial charge in [-0.15, -0.1) is 0 Å². The Morgan fingerprint density at radius 2 is 1.68 bits per heavy atom. The molecule has 11 heteroatoms. The van der Waals surface area contributed by atoms with Gasteiger partial charge in [-0.05, 0) is 77.8 Å². The molecule has 38 heavy (non-hydrogen) atoms. The van der Waals surface area contributed by atoms with E-state index >= 15 is 0 Å². The maximum atomic E-state index is 12.7. The second-order valence-electron chi connectivity index (χ2n) is 7.51. The number of hydrazone groups is 1. The summed E-state index contributed by atoms with van der Waals surface area (Å²) in [5, 5.41) is 4.01. The SMILES string of the molecule is C=CCOc1ccc(C(=O)N/N=C/c2cc(Br)c(OS(=O)(=O)c3ccccc3)c(OCC)c2)cc1OCC. The number of hydrogen-bond donors (Lipinski definition) is 1. The Morgan fingerprint density at radius 1 is 0.974 bits per heavy atom. The first-order chi connectivity index (χ1) is 18.3. The lowest BCUT2D eigenvalue weighted by atomic mass is 10.2. The lowest BCUT2D eigenvalue weighted by Gasteiger charge is -2.14. The maximum Gasteiger partial charge on any atom is 0.339 e. The molecule has 1 N–H and O–H groups in total. The van der Waals surface area contributed by atoms with Gasteiger partial charge in [-0.2, -0.15) is 13.5 Å². The van der Waals surface area contributed by atoms with Crippen LogP contribution in [0.1, 0.15) is 29.8 Å². The molecule has 0 unspecified atom stereocenters. The average Bonchev–Trinajstić information content (AvgIpc) is 2.90. The third kappa shape index (κ3) is 7.59. The number of nitrogens with one attached hydrogen (secondary N) is 1. The smallest absolute Gasteiger partial charge is 0.339 e. The molecule has 0 aliphatic rings. The van der Waals surface area contributed by atoms with E-state index in [9.17, 15) is 13.2 Å². The van der Waals surface area contributed by atoms with Crippen LogP contribution in [0.15, 0.2) is 87.8 Å². The molecule has 1 amide bonds. The number of ether oxygens (including phenoxy) is 3. The number of hydrogen-bond acceptors (Lipinski definition) is 8. The molecule has 0 aromatic heterocycles. The lowest BCUT2D eigenvalue weighted by molar-refractivity contribution is 0.0954. The molecule has 0 saturated heterocycles. The number of carbonyl (C=O) groups excluding carboxylic acids is 1. The summed E-state index contributed by atoms with van der Waals surface area (Å²) in [6.45, 7) is 8.17. The van der Waals surface area contributed by atoms with E-state index in [2.05, 4.69) is 33.0 Å². The Hall–Kier alpha value is -3.83. The molecule has 0 bridgehead atoms. The number of amides is 1. The third-order valence-electron chi connectivity index (χ3n) is 4.80. The van der Waals surface area contributed by atoms with Crippen molar-refractivity contribution in [3.8, 4) is 23.0 Å². The third-order valence-corrected chi connectivity index (χ3v) is 6.62. The van der Waals surface area contributed by atoms with E-state index in [0.717, 1.165) is 0 Å². The van der Waals surface area contributed by atoms with Crippen molar-refractivity contribution in [1.82, 2.24) is 5.43 Å². The molecule has 0 aliphatic heterocycles. The van der Waals surface area contributed by atoms with Gasteiger partial charge in [0.1, 0.15) is 11.5 Å². The fourth-order valence-electron chi connectivity index (χ4n) is 3.17. The number of nitrogens with zero attached hydrogens (tertiary/aromatic N) is 1. The molecule has 9 nitrogen and oxygen atoms in total. The van der Waals surface area contributed by atoms with Gasteiger partial charge < -0.3 is 18.4 Å². The number of rotatable bonds is 13. The van der Waals surface area contributed by atoms with E-state index in [1.54, 1.807) is 61.5 Å². The molecule has 0 spiro atoms. The second-order valence-corrected chi connectivity index (χ2v) is 9.91. The summed E-state index contributed by atoms with van der Waals surface area (Å²) >= 11 is 3.35. The van der Waals surface area contributed by atoms with Gasteiger partial charge in [-0.3, -0.25) is 4.79 Å². The Labute approximate surface area is 230 Å². The minimum Gasteiger partial charge on any atom is -0.490 e. The molecule has 0 saturated carbocycles. The number of carbonyl (C=O) groups is 1. The fraction of sp³-hybridized carbons (Fsp3) is 0.185. The quantitative estimate of drug-likeness (QED) is 0.121. The molecular weight excluding hydrogens is 576 g/mol. The highest BCUT2D eigenvalue weighted by Crippen LogP contribution is 2.38. The van der Waals surface area contributed by atoms with Gasteiger partial charge in [-0.1, -0.05) is 30.9 Å². The highest BCUT2D eigenvalue weighted by Gasteiger charge is 2.22. The summed E-state index contributed by atoms with van der Waals surface area (Å²) in [5.74, 6) is 0.647. The van der Waals surface area contributed by atoms with Crippen molar-refractivity contribution in [2.24, 2.45) is 5.10 Å². The topological polar surface area (TPSA) is 113 Å². The predicted octanol–water partition coefficient (Wildman–Crippen LogP) is 5.34. The van der Waals surface area contributed by atoms with E-state index in [-0.39, 0.29) is 23.0 Å². The standard InChI is InChI=1S/C27H27BrN2O7S/c1-4-14-36-23-13-12-20(17-24(23)34-5-2)27(31)30-29-18-19-15-22(28)26(25(16-19)35-6-3)37-38(32,33)21-10-8-7-9-11-21/h4,7-13,15-18H,1,5-6,14H2,2-3H3,(H,30,31)/b29-18+. The molecule has 0 fully saturated rings. The zero-order valence-electron chi connectivity index (χ0n) is 20.8. The van der Waals surface area contributed by atoms with E-state index in [1.807, 2.05) is 6.92 Å². The summed E-state index contributed by atoms with van der Waals surface area (Å²) in [5.41, 5.74) is 3.30. The molecular formula is C27H27BrN2O7S. The highest BCUT2D eigenvalue weighted by molar-refractivity contribution is 9.10. The molecule has 3 aromatic carbocycles. The van der Waals surface area contributed by atoms with Crippen LogP contribution in [-0.2, 0) is 10.1 Å². The van der Waals surface area contributed by atoms with Gasteiger partial charge in [0.2, 0.25) is 0 Å². The number of benzene rings is 3. The van der Waals surface area contributed by atoms with Gasteiger partial charge >= 0.3 is 10.1 Å². The average molecular weight is 603 g/mol. The summed E-state index contributed by atoms with van der Waals surface area (Å²) in [4.78, 5) is 12.7. The van der Waals surface area contributed by atoms with E-state index in [1.165, 1.54) is 18.3 Å². The zero-order chi connectivity index (χ0) is 27.5. The number of halogens is 1. The van der Waals surface area contributed by atoms with Crippen LogP contribution in [0.25, 0.3) is 0 Å². The minimum atomic E-state index is -4.09. The van der Waals surface area contributed by atoms with Gasteiger partial charge in [-0.25, -0.2) is 5.43 Å². The van der Waals surface area contributed by atoms with Crippen molar-refractivity contribution in [2.75, 3.05) is 19.8 Å². The van der Waals surface area contributed by atoms with Crippen molar-refractivity contribution in [3.05, 3.63) is 88.9 Å². The van der Waals surface area contributed by atoms with Gasteiger partial charge in [0.25, 0.3) is 5.91 Å². The fourth-order valence-corrected chi connectivity index (χ4v) is 4.79. The van der Waals surface area contributed by atoms with E-state index in [0.29, 0.717) is 40.3 Å². The van der Waals surface area contributed by atoms with Gasteiger partial charge in [0.05, 0.1) is 23.9 Å². The molecule has 0 atom stereocenters. The second kappa shape index (κ2) is 13.6. The minimum absolute atomic E-state index is 0.000829. The highest BCUT2D eigenvalue weighted by atomic mass is 79.9. The zero-order valence-corrected chi connectivity index (χ0v) is 23.3. The first kappa shape index (κ1) is 28.7. The first-order valence-electron chi connectivity index (χ1n) is 11.6. The molecule has 0 aliphatic carbocycles. The molecule has 0 radical (unpaired) electrons. The van der Waals surface area contributed by atoms with E-state index in [4.69, 9.17) is 18.4 Å². The molecule has 200 valence electrons. The van der Waals surface area contributed by atoms with Crippen LogP contribution in [-0.4, -0.2) is 40.4 Å². The molecule has 0 heterocycles. The summed E-state index contributed by atoms with van der Waals surface area (Å²) in [6.07, 6.45) is 3.01. The van der Waals surface area contributed by atoms with Crippen LogP contribution in [0.4, 0.5) is 0 Å².